The van der Waals surface area contributed by atoms with E-state index in [0.29, 0.717) is 11.3 Å². The van der Waals surface area contributed by atoms with Crippen molar-refractivity contribution >= 4 is 23.5 Å². The normalized spacial score (nSPS) is 24.0. The molecule has 1 N–H and O–H groups in total. The Bertz CT molecular complexity index is 307. The third-order valence-corrected chi connectivity index (χ3v) is 5.57. The quantitative estimate of drug-likeness (QED) is 0.872. The molecule has 0 bridgehead atoms. The highest BCUT2D eigenvalue weighted by Gasteiger charge is 2.26. The van der Waals surface area contributed by atoms with Gasteiger partial charge in [0.1, 0.15) is 0 Å². The van der Waals surface area contributed by atoms with Gasteiger partial charge in [0.2, 0.25) is 0 Å². The van der Waals surface area contributed by atoms with E-state index in [1.165, 1.54) is 23.0 Å². The zero-order chi connectivity index (χ0) is 10.7. The van der Waals surface area contributed by atoms with E-state index in [1.807, 2.05) is 25.0 Å². The van der Waals surface area contributed by atoms with E-state index in [1.54, 1.807) is 0 Å². The maximum atomic E-state index is 4.24. The van der Waals surface area contributed by atoms with E-state index in [-0.39, 0.29) is 0 Å². The van der Waals surface area contributed by atoms with E-state index < -0.39 is 0 Å². The molecule has 2 atom stereocenters. The van der Waals surface area contributed by atoms with Gasteiger partial charge >= 0.3 is 0 Å². The Kier molecular flexibility index (Phi) is 3.99. The standard InChI is InChI=1S/C10H17N3S2/c1-11-10(8-3-4-12-13(8)2)9-7-14-5-6-15-9/h3-4,9-11H,5-7H2,1-2H3. The fourth-order valence-electron chi connectivity index (χ4n) is 1.91. The Morgan fingerprint density at radius 3 is 3.00 bits per heavy atom. The van der Waals surface area contributed by atoms with E-state index in [9.17, 15) is 0 Å². The number of hydrogen-bond acceptors (Lipinski definition) is 4. The summed E-state index contributed by atoms with van der Waals surface area (Å²) in [7, 11) is 4.05. The molecule has 0 radical (unpaired) electrons. The van der Waals surface area contributed by atoms with Gasteiger partial charge in [-0.1, -0.05) is 0 Å². The summed E-state index contributed by atoms with van der Waals surface area (Å²) in [5, 5.41) is 8.33. The van der Waals surface area contributed by atoms with Gasteiger partial charge in [0.25, 0.3) is 0 Å². The lowest BCUT2D eigenvalue weighted by Crippen LogP contribution is -2.32. The third kappa shape index (κ3) is 2.52. The average molecular weight is 243 g/mol. The van der Waals surface area contributed by atoms with Crippen LogP contribution in [0.15, 0.2) is 12.3 Å². The van der Waals surface area contributed by atoms with Crippen LogP contribution in [0.25, 0.3) is 0 Å². The first kappa shape index (κ1) is 11.4. The molecule has 1 aromatic heterocycles. The van der Waals surface area contributed by atoms with Crippen LogP contribution in [0.5, 0.6) is 0 Å². The molecule has 1 aliphatic heterocycles. The first-order chi connectivity index (χ1) is 7.33. The first-order valence-corrected chi connectivity index (χ1v) is 7.38. The van der Waals surface area contributed by atoms with Crippen LogP contribution in [0, 0.1) is 0 Å². The maximum Gasteiger partial charge on any atom is 0.0618 e. The molecule has 1 saturated heterocycles. The van der Waals surface area contributed by atoms with Crippen LogP contribution in [0.2, 0.25) is 0 Å². The summed E-state index contributed by atoms with van der Waals surface area (Å²) in [5.41, 5.74) is 1.29. The van der Waals surface area contributed by atoms with Gasteiger partial charge in [-0.05, 0) is 13.1 Å². The molecule has 15 heavy (non-hydrogen) atoms. The fraction of sp³-hybridized carbons (Fsp3) is 0.700. The number of hydrogen-bond donors (Lipinski definition) is 1. The first-order valence-electron chi connectivity index (χ1n) is 5.17. The molecule has 1 aliphatic rings. The number of aromatic nitrogens is 2. The fourth-order valence-corrected chi connectivity index (χ4v) is 4.80. The average Bonchev–Trinajstić information content (AvgIpc) is 2.68. The molecule has 0 saturated carbocycles. The minimum atomic E-state index is 0.426. The van der Waals surface area contributed by atoms with Crippen LogP contribution in [0.4, 0.5) is 0 Å². The Hall–Kier alpha value is -0.130. The van der Waals surface area contributed by atoms with Crippen molar-refractivity contribution in [2.24, 2.45) is 7.05 Å². The van der Waals surface area contributed by atoms with E-state index >= 15 is 0 Å². The zero-order valence-electron chi connectivity index (χ0n) is 9.14. The van der Waals surface area contributed by atoms with Crippen molar-refractivity contribution < 1.29 is 0 Å². The number of nitrogens with zero attached hydrogens (tertiary/aromatic N) is 2. The molecule has 0 aliphatic carbocycles. The van der Waals surface area contributed by atoms with Crippen molar-refractivity contribution in [2.45, 2.75) is 11.3 Å². The van der Waals surface area contributed by atoms with Gasteiger partial charge in [0.15, 0.2) is 0 Å². The SMILES string of the molecule is CNC(c1ccnn1C)C1CSCCS1. The molecule has 2 rings (SSSR count). The highest BCUT2D eigenvalue weighted by molar-refractivity contribution is 8.06. The zero-order valence-corrected chi connectivity index (χ0v) is 10.8. The summed E-state index contributed by atoms with van der Waals surface area (Å²) in [6.45, 7) is 0. The largest absolute Gasteiger partial charge is 0.311 e. The van der Waals surface area contributed by atoms with Crippen molar-refractivity contribution in [3.8, 4) is 0 Å². The molecule has 1 aromatic rings. The molecule has 2 unspecified atom stereocenters. The van der Waals surface area contributed by atoms with Crippen molar-refractivity contribution in [2.75, 3.05) is 24.3 Å². The molecule has 1 fully saturated rings. The van der Waals surface area contributed by atoms with Crippen LogP contribution in [-0.4, -0.2) is 39.3 Å². The minimum absolute atomic E-state index is 0.426. The predicted molar refractivity (Wildman–Crippen MR) is 68.6 cm³/mol. The molecule has 2 heterocycles. The minimum Gasteiger partial charge on any atom is -0.311 e. The van der Waals surface area contributed by atoms with Crippen molar-refractivity contribution in [1.82, 2.24) is 15.1 Å². The van der Waals surface area contributed by atoms with Gasteiger partial charge < -0.3 is 5.32 Å². The monoisotopic (exact) mass is 243 g/mol. The van der Waals surface area contributed by atoms with E-state index in [0.717, 1.165) is 0 Å². The summed E-state index contributed by atoms with van der Waals surface area (Å²) in [4.78, 5) is 0. The number of thioether (sulfide) groups is 2. The topological polar surface area (TPSA) is 29.9 Å². The lowest BCUT2D eigenvalue weighted by atomic mass is 10.1. The molecular weight excluding hydrogens is 226 g/mol. The molecule has 3 nitrogen and oxygen atoms in total. The van der Waals surface area contributed by atoms with Crippen LogP contribution >= 0.6 is 23.5 Å². The number of rotatable bonds is 3. The Balaban J connectivity index is 2.12. The van der Waals surface area contributed by atoms with Crippen LogP contribution in [-0.2, 0) is 7.05 Å². The van der Waals surface area contributed by atoms with Crippen molar-refractivity contribution in [3.63, 3.8) is 0 Å². The highest BCUT2D eigenvalue weighted by Crippen LogP contribution is 2.32. The Morgan fingerprint density at radius 1 is 1.60 bits per heavy atom. The lowest BCUT2D eigenvalue weighted by Gasteiger charge is -2.29. The molecule has 0 aromatic carbocycles. The lowest BCUT2D eigenvalue weighted by molar-refractivity contribution is 0.538. The Morgan fingerprint density at radius 2 is 2.47 bits per heavy atom. The Labute approximate surface area is 99.4 Å². The molecule has 0 amide bonds. The second-order valence-electron chi connectivity index (χ2n) is 3.63. The summed E-state index contributed by atoms with van der Waals surface area (Å²) in [5.74, 6) is 3.80. The van der Waals surface area contributed by atoms with Gasteiger partial charge in [-0.2, -0.15) is 28.6 Å². The highest BCUT2D eigenvalue weighted by atomic mass is 32.2. The molecule has 5 heteroatoms. The third-order valence-electron chi connectivity index (χ3n) is 2.70. The number of aryl methyl sites for hydroxylation is 1. The van der Waals surface area contributed by atoms with E-state index in [2.05, 4.69) is 40.0 Å². The van der Waals surface area contributed by atoms with Gasteiger partial charge in [0.05, 0.1) is 11.7 Å². The summed E-state index contributed by atoms with van der Waals surface area (Å²) >= 11 is 4.14. The smallest absolute Gasteiger partial charge is 0.0618 e. The second-order valence-corrected chi connectivity index (χ2v) is 6.13. The predicted octanol–water partition coefficient (Wildman–Crippen LogP) is 1.53. The summed E-state index contributed by atoms with van der Waals surface area (Å²) < 4.78 is 1.97. The molecule has 84 valence electrons. The van der Waals surface area contributed by atoms with E-state index in [4.69, 9.17) is 0 Å². The van der Waals surface area contributed by atoms with Gasteiger partial charge in [0, 0.05) is 35.8 Å². The van der Waals surface area contributed by atoms with Gasteiger partial charge in [-0.25, -0.2) is 0 Å². The molecule has 0 spiro atoms. The second kappa shape index (κ2) is 5.27. The number of nitrogens with one attached hydrogen (secondary N) is 1. The van der Waals surface area contributed by atoms with Crippen LogP contribution < -0.4 is 5.32 Å². The van der Waals surface area contributed by atoms with Gasteiger partial charge in [-0.3, -0.25) is 4.68 Å². The summed E-state index contributed by atoms with van der Waals surface area (Å²) in [6.07, 6.45) is 1.88. The van der Waals surface area contributed by atoms with Gasteiger partial charge in [-0.15, -0.1) is 0 Å². The molecular formula is C10H17N3S2. The van der Waals surface area contributed by atoms with Crippen molar-refractivity contribution in [3.05, 3.63) is 18.0 Å². The van der Waals surface area contributed by atoms with Crippen molar-refractivity contribution in [1.29, 1.82) is 0 Å². The van der Waals surface area contributed by atoms with Crippen LogP contribution in [0.3, 0.4) is 0 Å². The maximum absolute atomic E-state index is 4.24. The van der Waals surface area contributed by atoms with Crippen LogP contribution in [0.1, 0.15) is 11.7 Å². The summed E-state index contributed by atoms with van der Waals surface area (Å²) in [6, 6.07) is 2.54.